The van der Waals surface area contributed by atoms with Gasteiger partial charge in [0.15, 0.2) is 0 Å². The van der Waals surface area contributed by atoms with E-state index >= 15 is 0 Å². The number of carbonyl (C=O) groups excluding carboxylic acids is 2. The summed E-state index contributed by atoms with van der Waals surface area (Å²) in [5, 5.41) is 0.448. The molecule has 0 unspecified atom stereocenters. The highest BCUT2D eigenvalue weighted by Gasteiger charge is 2.36. The van der Waals surface area contributed by atoms with E-state index in [1.54, 1.807) is 24.7 Å². The summed E-state index contributed by atoms with van der Waals surface area (Å²) in [4.78, 5) is 29.8. The third kappa shape index (κ3) is 2.23. The standard InChI is InChI=1S/C15H14ClN3O2/c1-9(2)19-8-17-6-11(19)7-18-13-4-3-10(16)5-12(13)14(20)15(18)21/h3-6,8-9H,7H2,1-2H3. The van der Waals surface area contributed by atoms with Crippen LogP contribution in [0.1, 0.15) is 35.9 Å². The SMILES string of the molecule is CC(C)n1cncc1CN1C(=O)C(=O)c2cc(Cl)ccc21. The minimum absolute atomic E-state index is 0.237. The van der Waals surface area contributed by atoms with Crippen molar-refractivity contribution in [3.63, 3.8) is 0 Å². The quantitative estimate of drug-likeness (QED) is 0.819. The Morgan fingerprint density at radius 1 is 1.29 bits per heavy atom. The molecule has 2 aromatic rings. The van der Waals surface area contributed by atoms with E-state index in [0.29, 0.717) is 22.8 Å². The minimum atomic E-state index is -0.524. The van der Waals surface area contributed by atoms with Gasteiger partial charge in [-0.3, -0.25) is 14.5 Å². The van der Waals surface area contributed by atoms with E-state index in [9.17, 15) is 9.59 Å². The number of Topliss-reactive ketones (excluding diaryl/α,β-unsaturated/α-hetero) is 1. The Bertz CT molecular complexity index is 736. The number of hydrogen-bond acceptors (Lipinski definition) is 3. The number of benzene rings is 1. The Morgan fingerprint density at radius 2 is 2.05 bits per heavy atom. The summed E-state index contributed by atoms with van der Waals surface area (Å²) < 4.78 is 1.98. The number of hydrogen-bond donors (Lipinski definition) is 0. The zero-order chi connectivity index (χ0) is 15.1. The Balaban J connectivity index is 1.99. The molecule has 1 aliphatic rings. The maximum atomic E-state index is 12.2. The molecule has 21 heavy (non-hydrogen) atoms. The van der Waals surface area contributed by atoms with E-state index in [-0.39, 0.29) is 6.04 Å². The summed E-state index contributed by atoms with van der Waals surface area (Å²) >= 11 is 5.90. The van der Waals surface area contributed by atoms with E-state index in [0.717, 1.165) is 5.69 Å². The number of halogens is 1. The predicted molar refractivity (Wildman–Crippen MR) is 79.6 cm³/mol. The molecular weight excluding hydrogens is 290 g/mol. The monoisotopic (exact) mass is 303 g/mol. The van der Waals surface area contributed by atoms with E-state index in [2.05, 4.69) is 4.98 Å². The molecule has 5 nitrogen and oxygen atoms in total. The summed E-state index contributed by atoms with van der Waals surface area (Å²) in [6, 6.07) is 5.16. The molecule has 0 aliphatic carbocycles. The van der Waals surface area contributed by atoms with Crippen molar-refractivity contribution in [2.45, 2.75) is 26.4 Å². The van der Waals surface area contributed by atoms with Crippen molar-refractivity contribution in [1.82, 2.24) is 9.55 Å². The average Bonchev–Trinajstić information content (AvgIpc) is 2.99. The summed E-state index contributed by atoms with van der Waals surface area (Å²) in [6.45, 7) is 4.39. The van der Waals surface area contributed by atoms with E-state index in [1.807, 2.05) is 18.4 Å². The average molecular weight is 304 g/mol. The lowest BCUT2D eigenvalue weighted by atomic mass is 10.1. The van der Waals surface area contributed by atoms with Crippen LogP contribution in [0.3, 0.4) is 0 Å². The fraction of sp³-hybridized carbons (Fsp3) is 0.267. The van der Waals surface area contributed by atoms with Gasteiger partial charge >= 0.3 is 0 Å². The van der Waals surface area contributed by atoms with Crippen molar-refractivity contribution in [2.24, 2.45) is 0 Å². The number of fused-ring (bicyclic) bond motifs is 1. The molecule has 2 heterocycles. The molecule has 0 saturated carbocycles. The molecule has 0 radical (unpaired) electrons. The van der Waals surface area contributed by atoms with Crippen molar-refractivity contribution in [3.05, 3.63) is 47.0 Å². The first-order chi connectivity index (χ1) is 9.99. The summed E-state index contributed by atoms with van der Waals surface area (Å²) in [5.74, 6) is -1.04. The van der Waals surface area contributed by atoms with Gasteiger partial charge in [-0.1, -0.05) is 11.6 Å². The molecule has 0 N–H and O–H groups in total. The van der Waals surface area contributed by atoms with Crippen LogP contribution in [-0.4, -0.2) is 21.2 Å². The second-order valence-electron chi connectivity index (χ2n) is 5.27. The van der Waals surface area contributed by atoms with Crippen LogP contribution in [-0.2, 0) is 11.3 Å². The molecule has 1 aromatic carbocycles. The lowest BCUT2D eigenvalue weighted by molar-refractivity contribution is -0.114. The van der Waals surface area contributed by atoms with Crippen LogP contribution in [0.25, 0.3) is 0 Å². The van der Waals surface area contributed by atoms with Crippen molar-refractivity contribution in [2.75, 3.05) is 4.90 Å². The van der Waals surface area contributed by atoms with Gasteiger partial charge in [0.1, 0.15) is 0 Å². The molecule has 0 bridgehead atoms. The first kappa shape index (κ1) is 13.8. The molecule has 1 amide bonds. The summed E-state index contributed by atoms with van der Waals surface area (Å²) in [6.07, 6.45) is 3.44. The van der Waals surface area contributed by atoms with Gasteiger partial charge in [-0.2, -0.15) is 0 Å². The summed E-state index contributed by atoms with van der Waals surface area (Å²) in [5.41, 5.74) is 1.85. The number of anilines is 1. The van der Waals surface area contributed by atoms with Crippen LogP contribution in [0.2, 0.25) is 5.02 Å². The van der Waals surface area contributed by atoms with Crippen molar-refractivity contribution >= 4 is 29.0 Å². The number of imidazole rings is 1. The van der Waals surface area contributed by atoms with E-state index in [1.165, 1.54) is 11.0 Å². The van der Waals surface area contributed by atoms with Crippen molar-refractivity contribution in [3.8, 4) is 0 Å². The zero-order valence-corrected chi connectivity index (χ0v) is 12.5. The van der Waals surface area contributed by atoms with Crippen LogP contribution in [0, 0.1) is 0 Å². The highest BCUT2D eigenvalue weighted by atomic mass is 35.5. The third-order valence-electron chi connectivity index (χ3n) is 3.56. The maximum absolute atomic E-state index is 12.2. The van der Waals surface area contributed by atoms with Crippen LogP contribution in [0.4, 0.5) is 5.69 Å². The van der Waals surface area contributed by atoms with Crippen LogP contribution in [0.15, 0.2) is 30.7 Å². The molecule has 1 aromatic heterocycles. The normalized spacial score (nSPS) is 14.2. The number of aromatic nitrogens is 2. The maximum Gasteiger partial charge on any atom is 0.299 e. The largest absolute Gasteiger partial charge is 0.330 e. The molecule has 6 heteroatoms. The fourth-order valence-electron chi connectivity index (χ4n) is 2.51. The zero-order valence-electron chi connectivity index (χ0n) is 11.7. The molecule has 108 valence electrons. The second-order valence-corrected chi connectivity index (χ2v) is 5.70. The second kappa shape index (κ2) is 5.00. The van der Waals surface area contributed by atoms with Gasteiger partial charge < -0.3 is 4.57 Å². The smallest absolute Gasteiger partial charge is 0.299 e. The van der Waals surface area contributed by atoms with Gasteiger partial charge in [-0.05, 0) is 32.0 Å². The van der Waals surface area contributed by atoms with Crippen molar-refractivity contribution in [1.29, 1.82) is 0 Å². The first-order valence-electron chi connectivity index (χ1n) is 6.65. The van der Waals surface area contributed by atoms with Gasteiger partial charge in [-0.15, -0.1) is 0 Å². The molecular formula is C15H14ClN3O2. The van der Waals surface area contributed by atoms with Crippen LogP contribution < -0.4 is 4.90 Å². The van der Waals surface area contributed by atoms with Gasteiger partial charge in [0.2, 0.25) is 0 Å². The Hall–Kier alpha value is -2.14. The highest BCUT2D eigenvalue weighted by Crippen LogP contribution is 2.32. The van der Waals surface area contributed by atoms with E-state index in [4.69, 9.17) is 11.6 Å². The number of nitrogens with zero attached hydrogens (tertiary/aromatic N) is 3. The Morgan fingerprint density at radius 3 is 2.76 bits per heavy atom. The number of ketones is 1. The van der Waals surface area contributed by atoms with Gasteiger partial charge in [-0.25, -0.2) is 4.98 Å². The Labute approximate surface area is 127 Å². The first-order valence-corrected chi connectivity index (χ1v) is 7.03. The van der Waals surface area contributed by atoms with Gasteiger partial charge in [0.25, 0.3) is 11.7 Å². The third-order valence-corrected chi connectivity index (χ3v) is 3.79. The van der Waals surface area contributed by atoms with E-state index < -0.39 is 11.7 Å². The number of rotatable bonds is 3. The minimum Gasteiger partial charge on any atom is -0.330 e. The predicted octanol–water partition coefficient (Wildman–Crippen LogP) is 2.85. The highest BCUT2D eigenvalue weighted by molar-refractivity contribution is 6.52. The molecule has 0 spiro atoms. The van der Waals surface area contributed by atoms with Gasteiger partial charge in [0.05, 0.1) is 29.8 Å². The lowest BCUT2D eigenvalue weighted by Crippen LogP contribution is -2.30. The lowest BCUT2D eigenvalue weighted by Gasteiger charge is -2.19. The number of amides is 1. The molecule has 1 aliphatic heterocycles. The Kier molecular flexibility index (Phi) is 3.29. The summed E-state index contributed by atoms with van der Waals surface area (Å²) in [7, 11) is 0. The molecule has 3 rings (SSSR count). The molecule has 0 saturated heterocycles. The van der Waals surface area contributed by atoms with Crippen LogP contribution >= 0.6 is 11.6 Å². The van der Waals surface area contributed by atoms with Crippen LogP contribution in [0.5, 0.6) is 0 Å². The number of carbonyl (C=O) groups is 2. The van der Waals surface area contributed by atoms with Crippen molar-refractivity contribution < 1.29 is 9.59 Å². The molecule has 0 atom stereocenters. The van der Waals surface area contributed by atoms with Gasteiger partial charge in [0, 0.05) is 17.3 Å². The topological polar surface area (TPSA) is 55.2 Å². The fourth-order valence-corrected chi connectivity index (χ4v) is 2.68. The molecule has 0 fully saturated rings.